The number of imide groups is 2. The predicted molar refractivity (Wildman–Crippen MR) is 215 cm³/mol. The molecule has 5 aromatic rings. The quantitative estimate of drug-likeness (QED) is 0.0967. The second-order valence-electron chi connectivity index (χ2n) is 15.6. The lowest BCUT2D eigenvalue weighted by molar-refractivity contribution is -0.138. The van der Waals surface area contributed by atoms with Crippen LogP contribution in [0.25, 0.3) is 0 Å². The third-order valence-electron chi connectivity index (χ3n) is 12.5. The highest BCUT2D eigenvalue weighted by Crippen LogP contribution is 2.64. The van der Waals surface area contributed by atoms with Crippen molar-refractivity contribution < 1.29 is 33.5 Å². The average molecular weight is 794 g/mol. The number of phenols is 1. The second-order valence-corrected chi connectivity index (χ2v) is 16.1. The van der Waals surface area contributed by atoms with Crippen molar-refractivity contribution in [2.75, 3.05) is 10.3 Å². The summed E-state index contributed by atoms with van der Waals surface area (Å²) in [5, 5.41) is 12.3. The van der Waals surface area contributed by atoms with Crippen LogP contribution in [0.4, 0.5) is 15.8 Å². The molecular weight excluding hydrogens is 757 g/mol. The van der Waals surface area contributed by atoms with E-state index in [1.165, 1.54) is 29.2 Å². The molecule has 2 heterocycles. The summed E-state index contributed by atoms with van der Waals surface area (Å²) in [7, 11) is 0. The number of benzene rings is 5. The van der Waals surface area contributed by atoms with Gasteiger partial charge in [-0.05, 0) is 116 Å². The van der Waals surface area contributed by atoms with Crippen LogP contribution < -0.4 is 10.3 Å². The van der Waals surface area contributed by atoms with Gasteiger partial charge in [-0.25, -0.2) is 4.39 Å². The first kappa shape index (κ1) is 37.2. The van der Waals surface area contributed by atoms with Crippen molar-refractivity contribution in [3.63, 3.8) is 0 Å². The number of aryl methyl sites for hydroxylation is 2. The Labute approximate surface area is 338 Å². The number of nitrogens with one attached hydrogen (secondary N) is 1. The number of allylic oxidation sites excluding steroid dienone is 2. The third-order valence-corrected chi connectivity index (χ3v) is 12.8. The van der Waals surface area contributed by atoms with Crippen LogP contribution in [0.3, 0.4) is 0 Å². The molecule has 2 saturated heterocycles. The number of amides is 4. The van der Waals surface area contributed by atoms with Gasteiger partial charge < -0.3 is 5.11 Å². The van der Waals surface area contributed by atoms with Crippen molar-refractivity contribution in [3.8, 4) is 5.75 Å². The number of hydrogen-bond acceptors (Lipinski definition) is 7. The summed E-state index contributed by atoms with van der Waals surface area (Å²) in [6.07, 6.45) is 2.26. The Morgan fingerprint density at radius 1 is 0.793 bits per heavy atom. The minimum Gasteiger partial charge on any atom is -0.507 e. The smallest absolute Gasteiger partial charge is 0.260 e. The normalized spacial score (nSPS) is 25.0. The number of nitrogens with zero attached hydrogens (tertiary/aromatic N) is 2. The average Bonchev–Trinajstić information content (AvgIpc) is 3.61. The van der Waals surface area contributed by atoms with Gasteiger partial charge in [0, 0.05) is 22.1 Å². The molecule has 0 radical (unpaired) electrons. The largest absolute Gasteiger partial charge is 0.507 e. The van der Waals surface area contributed by atoms with Crippen molar-refractivity contribution in [2.24, 2.45) is 23.7 Å². The van der Waals surface area contributed by atoms with Crippen LogP contribution in [0.5, 0.6) is 5.75 Å². The molecule has 3 fully saturated rings. The number of rotatable bonds is 7. The van der Waals surface area contributed by atoms with Gasteiger partial charge in [0.25, 0.3) is 11.8 Å². The third kappa shape index (κ3) is 5.61. The lowest BCUT2D eigenvalue weighted by Crippen LogP contribution is -2.53. The van der Waals surface area contributed by atoms with Gasteiger partial charge in [0.05, 0.1) is 34.5 Å². The van der Waals surface area contributed by atoms with Crippen LogP contribution in [0.1, 0.15) is 56.9 Å². The standard InChI is InChI=1S/C47H37ClFN3O6/c1-25-22-29(23-26(2)41(25)53)40-35-20-21-36-39(45(57)51(43(36)55)34-18-8-28(9-19-34)42(54)27-6-4-3-5-7-27)37(35)24-38-44(56)52(50-33-16-14-32(49)15-17-33)46(58)47(38,40)30-10-12-31(48)13-11-30/h3-20,22-23,36-40,50,53H,21,24H2,1-2H3. The first-order valence-electron chi connectivity index (χ1n) is 19.1. The zero-order chi connectivity index (χ0) is 40.6. The molecule has 9 nitrogen and oxygen atoms in total. The number of aromatic hydroxyl groups is 1. The fraction of sp³-hybridized carbons (Fsp3) is 0.213. The lowest BCUT2D eigenvalue weighted by atomic mass is 9.49. The van der Waals surface area contributed by atoms with E-state index >= 15 is 4.79 Å². The Kier molecular flexibility index (Phi) is 8.93. The number of carbonyl (C=O) groups excluding carboxylic acids is 5. The van der Waals surface area contributed by atoms with Gasteiger partial charge in [-0.3, -0.25) is 34.3 Å². The van der Waals surface area contributed by atoms with Crippen molar-refractivity contribution in [3.05, 3.63) is 171 Å². The van der Waals surface area contributed by atoms with Crippen LogP contribution >= 0.6 is 11.6 Å². The molecule has 58 heavy (non-hydrogen) atoms. The lowest BCUT2D eigenvalue weighted by Gasteiger charge is -2.50. The highest BCUT2D eigenvalue weighted by atomic mass is 35.5. The number of hydrogen-bond donors (Lipinski definition) is 2. The summed E-state index contributed by atoms with van der Waals surface area (Å²) in [5.74, 6) is -6.45. The van der Waals surface area contributed by atoms with Crippen LogP contribution in [0, 0.1) is 43.3 Å². The van der Waals surface area contributed by atoms with Gasteiger partial charge >= 0.3 is 0 Å². The molecule has 6 atom stereocenters. The summed E-state index contributed by atoms with van der Waals surface area (Å²) in [6, 6.07) is 31.0. The Hall–Kier alpha value is -6.39. The molecule has 2 aliphatic carbocycles. The SMILES string of the molecule is Cc1cc(C2C3=CCC4C(=O)N(c5ccc(C(=O)c6ccccc6)cc5)C(=O)C4C3CC3C(=O)N(Nc4ccc(F)cc4)C(=O)C32c2ccc(Cl)cc2)cc(C)c1O. The van der Waals surface area contributed by atoms with E-state index in [4.69, 9.17) is 11.6 Å². The van der Waals surface area contributed by atoms with Gasteiger partial charge in [-0.2, -0.15) is 5.01 Å². The van der Waals surface area contributed by atoms with Crippen molar-refractivity contribution >= 4 is 52.4 Å². The number of carbonyl (C=O) groups is 5. The molecule has 2 aliphatic heterocycles. The number of fused-ring (bicyclic) bond motifs is 4. The maximum atomic E-state index is 15.4. The molecule has 9 rings (SSSR count). The minimum atomic E-state index is -1.55. The van der Waals surface area contributed by atoms with Gasteiger partial charge in [0.15, 0.2) is 5.78 Å². The van der Waals surface area contributed by atoms with E-state index in [-0.39, 0.29) is 30.3 Å². The number of hydrazine groups is 1. The molecule has 0 aromatic heterocycles. The molecular formula is C47H37ClFN3O6. The van der Waals surface area contributed by atoms with E-state index < -0.39 is 58.5 Å². The molecule has 4 aliphatic rings. The molecule has 1 saturated carbocycles. The van der Waals surface area contributed by atoms with E-state index in [2.05, 4.69) is 5.43 Å². The fourth-order valence-electron chi connectivity index (χ4n) is 9.96. The van der Waals surface area contributed by atoms with Gasteiger partial charge in [0.1, 0.15) is 11.6 Å². The highest BCUT2D eigenvalue weighted by Gasteiger charge is 2.70. The van der Waals surface area contributed by atoms with Crippen molar-refractivity contribution in [1.29, 1.82) is 0 Å². The van der Waals surface area contributed by atoms with E-state index in [1.807, 2.05) is 24.3 Å². The Bertz CT molecular complexity index is 2550. The fourth-order valence-corrected chi connectivity index (χ4v) is 10.1. The summed E-state index contributed by atoms with van der Waals surface area (Å²) in [5.41, 5.74) is 6.09. The molecule has 0 bridgehead atoms. The van der Waals surface area contributed by atoms with E-state index in [9.17, 15) is 28.7 Å². The summed E-state index contributed by atoms with van der Waals surface area (Å²) >= 11 is 6.40. The zero-order valence-corrected chi connectivity index (χ0v) is 32.2. The molecule has 290 valence electrons. The van der Waals surface area contributed by atoms with E-state index in [0.717, 1.165) is 10.6 Å². The first-order chi connectivity index (χ1) is 27.9. The topological polar surface area (TPSA) is 124 Å². The Morgan fingerprint density at radius 3 is 2.09 bits per heavy atom. The molecule has 11 heteroatoms. The monoisotopic (exact) mass is 793 g/mol. The molecule has 4 amide bonds. The maximum Gasteiger partial charge on any atom is 0.260 e. The van der Waals surface area contributed by atoms with E-state index in [1.54, 1.807) is 86.6 Å². The second kappa shape index (κ2) is 13.9. The van der Waals surface area contributed by atoms with Gasteiger partial charge in [-0.1, -0.05) is 77.8 Å². The number of halogens is 2. The number of anilines is 2. The predicted octanol–water partition coefficient (Wildman–Crippen LogP) is 8.22. The van der Waals surface area contributed by atoms with Crippen molar-refractivity contribution in [1.82, 2.24) is 5.01 Å². The molecule has 0 spiro atoms. The van der Waals surface area contributed by atoms with Crippen LogP contribution in [0.2, 0.25) is 5.02 Å². The summed E-state index contributed by atoms with van der Waals surface area (Å²) in [6.45, 7) is 3.53. The van der Waals surface area contributed by atoms with Crippen LogP contribution in [-0.2, 0) is 24.6 Å². The van der Waals surface area contributed by atoms with E-state index in [0.29, 0.717) is 49.8 Å². The Balaban J connectivity index is 1.17. The molecule has 5 aromatic carbocycles. The molecule has 6 unspecified atom stereocenters. The summed E-state index contributed by atoms with van der Waals surface area (Å²) in [4.78, 5) is 73.7. The minimum absolute atomic E-state index is 0.0751. The number of ketones is 1. The van der Waals surface area contributed by atoms with Gasteiger partial charge in [0.2, 0.25) is 11.8 Å². The summed E-state index contributed by atoms with van der Waals surface area (Å²) < 4.78 is 13.9. The maximum absolute atomic E-state index is 15.4. The van der Waals surface area contributed by atoms with Crippen molar-refractivity contribution in [2.45, 2.75) is 38.0 Å². The van der Waals surface area contributed by atoms with Crippen LogP contribution in [0.15, 0.2) is 127 Å². The first-order valence-corrected chi connectivity index (χ1v) is 19.5. The Morgan fingerprint density at radius 2 is 1.43 bits per heavy atom. The van der Waals surface area contributed by atoms with Crippen LogP contribution in [-0.4, -0.2) is 39.5 Å². The number of phenolic OH excluding ortho intramolecular Hbond substituents is 1. The highest BCUT2D eigenvalue weighted by molar-refractivity contribution is 6.30. The molecule has 2 N–H and O–H groups in total. The van der Waals surface area contributed by atoms with Gasteiger partial charge in [-0.15, -0.1) is 0 Å². The zero-order valence-electron chi connectivity index (χ0n) is 31.5.